The Balaban J connectivity index is 1.53. The molecule has 3 atom stereocenters. The molecule has 3 unspecified atom stereocenters. The maximum absolute atomic E-state index is 13.4. The van der Waals surface area contributed by atoms with Crippen molar-refractivity contribution in [2.24, 2.45) is 10.9 Å². The number of ketones is 1. The van der Waals surface area contributed by atoms with Crippen molar-refractivity contribution in [2.75, 3.05) is 0 Å². The molecule has 0 amide bonds. The van der Waals surface area contributed by atoms with Crippen LogP contribution in [0.15, 0.2) is 50.3 Å². The molecule has 1 fully saturated rings. The van der Waals surface area contributed by atoms with Gasteiger partial charge in [-0.1, -0.05) is 6.07 Å². The fraction of sp³-hybridized carbons (Fsp3) is 0.480. The average molecular weight is 438 g/mol. The minimum atomic E-state index is -0.618. The monoisotopic (exact) mass is 437 g/mol. The van der Waals surface area contributed by atoms with Crippen molar-refractivity contribution in [3.8, 4) is 0 Å². The first-order valence-corrected chi connectivity index (χ1v) is 12.0. The van der Waals surface area contributed by atoms with E-state index in [0.717, 1.165) is 37.1 Å². The highest BCUT2D eigenvalue weighted by molar-refractivity contribution is 7.10. The van der Waals surface area contributed by atoms with Gasteiger partial charge in [0.05, 0.1) is 5.92 Å². The molecule has 0 spiro atoms. The number of thiophene rings is 1. The number of esters is 1. The summed E-state index contributed by atoms with van der Waals surface area (Å²) in [6.45, 7) is 3.76. The molecular formula is C25H27NO4S. The summed E-state index contributed by atoms with van der Waals surface area (Å²) in [4.78, 5) is 32.8. The first-order valence-electron chi connectivity index (χ1n) is 11.1. The molecule has 0 radical (unpaired) electrons. The Labute approximate surface area is 186 Å². The van der Waals surface area contributed by atoms with Crippen molar-refractivity contribution < 1.29 is 18.7 Å². The Morgan fingerprint density at radius 3 is 2.65 bits per heavy atom. The van der Waals surface area contributed by atoms with Crippen molar-refractivity contribution in [1.29, 1.82) is 0 Å². The fourth-order valence-corrected chi connectivity index (χ4v) is 6.09. The van der Waals surface area contributed by atoms with E-state index in [1.807, 2.05) is 37.4 Å². The van der Waals surface area contributed by atoms with E-state index in [-0.39, 0.29) is 23.8 Å². The number of ether oxygens (including phenoxy) is 1. The summed E-state index contributed by atoms with van der Waals surface area (Å²) in [7, 11) is 0. The van der Waals surface area contributed by atoms with Crippen LogP contribution in [0.3, 0.4) is 0 Å². The Hall–Kier alpha value is -2.47. The van der Waals surface area contributed by atoms with Crippen molar-refractivity contribution in [2.45, 2.75) is 70.3 Å². The lowest BCUT2D eigenvalue weighted by Gasteiger charge is -2.35. The predicted molar refractivity (Wildman–Crippen MR) is 119 cm³/mol. The predicted octanol–water partition coefficient (Wildman–Crippen LogP) is 5.71. The molecular weight excluding hydrogens is 410 g/mol. The van der Waals surface area contributed by atoms with Gasteiger partial charge in [-0.15, -0.1) is 11.3 Å². The zero-order valence-corrected chi connectivity index (χ0v) is 18.7. The number of hydrogen-bond donors (Lipinski definition) is 0. The molecule has 1 aliphatic heterocycles. The van der Waals surface area contributed by atoms with Gasteiger partial charge >= 0.3 is 5.97 Å². The van der Waals surface area contributed by atoms with Gasteiger partial charge in [0.1, 0.15) is 23.5 Å². The van der Waals surface area contributed by atoms with E-state index in [9.17, 15) is 9.59 Å². The van der Waals surface area contributed by atoms with Crippen molar-refractivity contribution in [3.05, 3.63) is 57.3 Å². The van der Waals surface area contributed by atoms with Crippen LogP contribution in [0.2, 0.25) is 0 Å². The van der Waals surface area contributed by atoms with Crippen LogP contribution in [0.5, 0.6) is 0 Å². The van der Waals surface area contributed by atoms with E-state index < -0.39 is 11.8 Å². The van der Waals surface area contributed by atoms with E-state index in [4.69, 9.17) is 14.1 Å². The van der Waals surface area contributed by atoms with Crippen LogP contribution in [-0.4, -0.2) is 23.6 Å². The first-order chi connectivity index (χ1) is 15.0. The highest BCUT2D eigenvalue weighted by Gasteiger charge is 2.46. The molecule has 6 heteroatoms. The molecule has 5 rings (SSSR count). The standard InChI is InChI=1S/C25H27NO4S/c1-14-9-10-20(29-14)24-22(25(28)30-17-6-3-4-7-17)15(2)26-18-12-16(13-19(27)23(18)24)21-8-5-11-31-21/h5,8-11,16-17,22,24H,3-4,6-7,12-13H2,1-2H3. The van der Waals surface area contributed by atoms with Crippen LogP contribution in [0.4, 0.5) is 0 Å². The second kappa shape index (κ2) is 8.23. The molecule has 0 bridgehead atoms. The van der Waals surface area contributed by atoms with Crippen molar-refractivity contribution >= 4 is 28.8 Å². The Bertz CT molecular complexity index is 1060. The zero-order chi connectivity index (χ0) is 21.5. The van der Waals surface area contributed by atoms with Crippen LogP contribution in [0.25, 0.3) is 0 Å². The summed E-state index contributed by atoms with van der Waals surface area (Å²) in [5.74, 6) is 0.249. The quantitative estimate of drug-likeness (QED) is 0.575. The molecule has 3 heterocycles. The second-order valence-electron chi connectivity index (χ2n) is 8.90. The highest BCUT2D eigenvalue weighted by atomic mass is 32.1. The van der Waals surface area contributed by atoms with E-state index in [2.05, 4.69) is 6.07 Å². The molecule has 0 saturated heterocycles. The number of allylic oxidation sites excluding steroid dienone is 2. The van der Waals surface area contributed by atoms with Crippen molar-refractivity contribution in [1.82, 2.24) is 0 Å². The van der Waals surface area contributed by atoms with Crippen molar-refractivity contribution in [3.63, 3.8) is 0 Å². The number of Topliss-reactive ketones (excluding diaryl/α,β-unsaturated/α-hetero) is 1. The van der Waals surface area contributed by atoms with E-state index in [0.29, 0.717) is 29.9 Å². The normalized spacial score (nSPS) is 26.7. The lowest BCUT2D eigenvalue weighted by molar-refractivity contribution is -0.151. The third kappa shape index (κ3) is 3.82. The minimum absolute atomic E-state index is 0.0278. The Kier molecular flexibility index (Phi) is 5.42. The molecule has 2 aliphatic carbocycles. The van der Waals surface area contributed by atoms with E-state index in [1.54, 1.807) is 11.3 Å². The molecule has 162 valence electrons. The minimum Gasteiger partial charge on any atom is -0.466 e. The topological polar surface area (TPSA) is 68.9 Å². The number of rotatable bonds is 4. The smallest absolute Gasteiger partial charge is 0.316 e. The molecule has 0 aromatic carbocycles. The summed E-state index contributed by atoms with van der Waals surface area (Å²) >= 11 is 1.68. The molecule has 0 N–H and O–H groups in total. The molecule has 31 heavy (non-hydrogen) atoms. The molecule has 2 aromatic rings. The first kappa shape index (κ1) is 20.4. The van der Waals surface area contributed by atoms with Gasteiger partial charge in [0.15, 0.2) is 5.78 Å². The Morgan fingerprint density at radius 1 is 1.16 bits per heavy atom. The summed E-state index contributed by atoms with van der Waals surface area (Å²) in [5.41, 5.74) is 2.15. The fourth-order valence-electron chi connectivity index (χ4n) is 5.26. The van der Waals surface area contributed by atoms with Gasteiger partial charge in [-0.3, -0.25) is 14.6 Å². The molecule has 3 aliphatic rings. The maximum atomic E-state index is 13.4. The number of aliphatic imine (C=N–C) groups is 1. The largest absolute Gasteiger partial charge is 0.466 e. The lowest BCUT2D eigenvalue weighted by Crippen LogP contribution is -2.38. The maximum Gasteiger partial charge on any atom is 0.316 e. The number of furan rings is 1. The molecule has 5 nitrogen and oxygen atoms in total. The van der Waals surface area contributed by atoms with Gasteiger partial charge in [0.25, 0.3) is 0 Å². The number of nitrogens with zero attached hydrogens (tertiary/aromatic N) is 1. The number of carbonyl (C=O) groups is 2. The van der Waals surface area contributed by atoms with Gasteiger partial charge in [-0.05, 0) is 69.5 Å². The van der Waals surface area contributed by atoms with Gasteiger partial charge in [-0.2, -0.15) is 0 Å². The Morgan fingerprint density at radius 2 is 1.97 bits per heavy atom. The number of carbonyl (C=O) groups excluding carboxylic acids is 2. The van der Waals surface area contributed by atoms with Gasteiger partial charge in [0.2, 0.25) is 0 Å². The summed E-state index contributed by atoms with van der Waals surface area (Å²) in [6, 6.07) is 7.88. The van der Waals surface area contributed by atoms with Crippen LogP contribution in [-0.2, 0) is 14.3 Å². The molecule has 1 saturated carbocycles. The summed E-state index contributed by atoms with van der Waals surface area (Å²) < 4.78 is 11.9. The van der Waals surface area contributed by atoms with Gasteiger partial charge < -0.3 is 9.15 Å². The SMILES string of the molecule is CC1=NC2=C(C(=O)CC(c3cccs3)C2)C(c2ccc(C)o2)C1C(=O)OC1CCCC1. The van der Waals surface area contributed by atoms with Crippen LogP contribution in [0, 0.1) is 12.8 Å². The third-order valence-corrected chi connectivity index (χ3v) is 7.78. The summed E-state index contributed by atoms with van der Waals surface area (Å²) in [6.07, 6.45) is 5.12. The van der Waals surface area contributed by atoms with Crippen LogP contribution in [0.1, 0.15) is 73.7 Å². The van der Waals surface area contributed by atoms with Gasteiger partial charge in [-0.25, -0.2) is 0 Å². The lowest BCUT2D eigenvalue weighted by atomic mass is 9.71. The number of aryl methyl sites for hydroxylation is 1. The highest BCUT2D eigenvalue weighted by Crippen LogP contribution is 2.47. The summed E-state index contributed by atoms with van der Waals surface area (Å²) in [5, 5.41) is 2.04. The van der Waals surface area contributed by atoms with Crippen LogP contribution >= 0.6 is 11.3 Å². The number of hydrogen-bond acceptors (Lipinski definition) is 6. The third-order valence-electron chi connectivity index (χ3n) is 6.74. The zero-order valence-electron chi connectivity index (χ0n) is 17.9. The molecule has 2 aromatic heterocycles. The van der Waals surface area contributed by atoms with E-state index in [1.165, 1.54) is 4.88 Å². The van der Waals surface area contributed by atoms with Gasteiger partial charge in [0, 0.05) is 34.2 Å². The second-order valence-corrected chi connectivity index (χ2v) is 9.88. The van der Waals surface area contributed by atoms with E-state index >= 15 is 0 Å². The van der Waals surface area contributed by atoms with Crippen LogP contribution < -0.4 is 0 Å². The average Bonchev–Trinajstić information content (AvgIpc) is 3.49.